The fourth-order valence-corrected chi connectivity index (χ4v) is 5.21. The standard InChI is InChI=1S/C26H40ClN3O7S/c1-17(2)22(29-24(33)28-15-26(5,6)37-21(31)12-14-38(34,35)36)23(32)30-13-11-20(25(3,4)16-30)18-7-9-19(27)10-8-18/h7-10,17,20,22H,11-16H2,1-6H3,(H2,28,29,33)(H,34,35,36). The lowest BCUT2D eigenvalue weighted by molar-refractivity contribution is -0.155. The predicted octanol–water partition coefficient (Wildman–Crippen LogP) is 3.61. The van der Waals surface area contributed by atoms with Crippen molar-refractivity contribution in [1.29, 1.82) is 0 Å². The molecular formula is C26H40ClN3O7S. The number of esters is 1. The summed E-state index contributed by atoms with van der Waals surface area (Å²) in [5, 5.41) is 6.05. The molecule has 0 bridgehead atoms. The summed E-state index contributed by atoms with van der Waals surface area (Å²) in [6.07, 6.45) is 0.276. The molecule has 12 heteroatoms. The second-order valence-corrected chi connectivity index (χ2v) is 13.5. The van der Waals surface area contributed by atoms with Gasteiger partial charge in [-0.05, 0) is 55.2 Å². The van der Waals surface area contributed by atoms with E-state index in [1.807, 2.05) is 38.1 Å². The number of hydrogen-bond acceptors (Lipinski definition) is 6. The largest absolute Gasteiger partial charge is 0.458 e. The molecule has 2 atom stereocenters. The Morgan fingerprint density at radius 2 is 1.82 bits per heavy atom. The van der Waals surface area contributed by atoms with Crippen molar-refractivity contribution in [2.75, 3.05) is 25.4 Å². The van der Waals surface area contributed by atoms with Crippen molar-refractivity contribution in [3.63, 3.8) is 0 Å². The topological polar surface area (TPSA) is 142 Å². The fourth-order valence-electron chi connectivity index (χ4n) is 4.66. The first-order valence-corrected chi connectivity index (χ1v) is 14.6. The van der Waals surface area contributed by atoms with E-state index in [0.717, 1.165) is 6.42 Å². The number of ether oxygens (including phenoxy) is 1. The number of nitrogens with one attached hydrogen (secondary N) is 2. The molecule has 1 aliphatic heterocycles. The van der Waals surface area contributed by atoms with Crippen LogP contribution in [-0.4, -0.2) is 72.8 Å². The molecule has 1 saturated heterocycles. The minimum absolute atomic E-state index is 0.0744. The van der Waals surface area contributed by atoms with Crippen LogP contribution >= 0.6 is 11.6 Å². The lowest BCUT2D eigenvalue weighted by Gasteiger charge is -2.45. The Kier molecular flexibility index (Phi) is 10.6. The zero-order valence-electron chi connectivity index (χ0n) is 22.9. The van der Waals surface area contributed by atoms with Crippen LogP contribution < -0.4 is 10.6 Å². The molecule has 1 fully saturated rings. The van der Waals surface area contributed by atoms with Crippen LogP contribution in [0.1, 0.15) is 65.9 Å². The van der Waals surface area contributed by atoms with E-state index in [1.54, 1.807) is 18.7 Å². The van der Waals surface area contributed by atoms with Gasteiger partial charge in [0.05, 0.1) is 18.7 Å². The summed E-state index contributed by atoms with van der Waals surface area (Å²) in [6, 6.07) is 6.48. The highest BCUT2D eigenvalue weighted by atomic mass is 35.5. The van der Waals surface area contributed by atoms with E-state index in [9.17, 15) is 22.8 Å². The summed E-state index contributed by atoms with van der Waals surface area (Å²) < 4.78 is 35.6. The highest BCUT2D eigenvalue weighted by Gasteiger charge is 2.40. The van der Waals surface area contributed by atoms with Crippen molar-refractivity contribution < 1.29 is 32.1 Å². The average Bonchev–Trinajstić information content (AvgIpc) is 2.79. The van der Waals surface area contributed by atoms with Crippen molar-refractivity contribution in [3.8, 4) is 0 Å². The van der Waals surface area contributed by atoms with Gasteiger partial charge in [-0.15, -0.1) is 0 Å². The number of nitrogens with zero attached hydrogens (tertiary/aromatic N) is 1. The first kappa shape index (κ1) is 31.8. The van der Waals surface area contributed by atoms with Crippen molar-refractivity contribution in [2.45, 2.75) is 71.9 Å². The van der Waals surface area contributed by atoms with Crippen molar-refractivity contribution in [1.82, 2.24) is 15.5 Å². The van der Waals surface area contributed by atoms with Crippen LogP contribution in [0.5, 0.6) is 0 Å². The van der Waals surface area contributed by atoms with E-state index in [2.05, 4.69) is 24.5 Å². The van der Waals surface area contributed by atoms with Crippen LogP contribution in [0.15, 0.2) is 24.3 Å². The van der Waals surface area contributed by atoms with Gasteiger partial charge in [-0.3, -0.25) is 14.1 Å². The summed E-state index contributed by atoms with van der Waals surface area (Å²) in [5.74, 6) is -1.64. The normalized spacial score (nSPS) is 18.6. The molecule has 0 aliphatic carbocycles. The zero-order chi connectivity index (χ0) is 28.9. The van der Waals surface area contributed by atoms with Crippen molar-refractivity contribution >= 4 is 39.6 Å². The van der Waals surface area contributed by atoms with Gasteiger partial charge in [0.15, 0.2) is 0 Å². The maximum atomic E-state index is 13.5. The molecule has 1 heterocycles. The van der Waals surface area contributed by atoms with Gasteiger partial charge in [-0.25, -0.2) is 4.79 Å². The van der Waals surface area contributed by atoms with E-state index < -0.39 is 45.9 Å². The summed E-state index contributed by atoms with van der Waals surface area (Å²) in [7, 11) is -4.29. The predicted molar refractivity (Wildman–Crippen MR) is 146 cm³/mol. The van der Waals surface area contributed by atoms with E-state index in [0.29, 0.717) is 18.1 Å². The molecule has 0 saturated carbocycles. The van der Waals surface area contributed by atoms with Crippen LogP contribution in [0.3, 0.4) is 0 Å². The SMILES string of the molecule is CC(C)C(NC(=O)NCC(C)(C)OC(=O)CCS(=O)(=O)O)C(=O)N1CCC(c2ccc(Cl)cc2)C(C)(C)C1. The second-order valence-electron chi connectivity index (χ2n) is 11.5. The molecule has 1 aliphatic rings. The summed E-state index contributed by atoms with van der Waals surface area (Å²) in [6.45, 7) is 12.1. The van der Waals surface area contributed by atoms with Crippen molar-refractivity contribution in [2.24, 2.45) is 11.3 Å². The number of urea groups is 1. The second kappa shape index (κ2) is 12.7. The Hall–Kier alpha value is -2.37. The van der Waals surface area contributed by atoms with Crippen LogP contribution in [-0.2, 0) is 24.4 Å². The lowest BCUT2D eigenvalue weighted by atomic mass is 9.70. The summed E-state index contributed by atoms with van der Waals surface area (Å²) in [5.41, 5.74) is -0.140. The number of halogens is 1. The molecule has 0 aromatic heterocycles. The Morgan fingerprint density at radius 3 is 2.34 bits per heavy atom. The van der Waals surface area contributed by atoms with Crippen LogP contribution in [0.4, 0.5) is 4.79 Å². The number of carbonyl (C=O) groups excluding carboxylic acids is 3. The highest BCUT2D eigenvalue weighted by molar-refractivity contribution is 7.85. The average molecular weight is 574 g/mol. The molecule has 2 unspecified atom stereocenters. The number of rotatable bonds is 10. The molecule has 38 heavy (non-hydrogen) atoms. The van der Waals surface area contributed by atoms with Crippen LogP contribution in [0.2, 0.25) is 5.02 Å². The highest BCUT2D eigenvalue weighted by Crippen LogP contribution is 2.42. The van der Waals surface area contributed by atoms with Gasteiger partial charge >= 0.3 is 12.0 Å². The molecule has 1 aromatic carbocycles. The maximum absolute atomic E-state index is 13.5. The Labute approximate surface area is 230 Å². The Bertz CT molecular complexity index is 1100. The number of carbonyl (C=O) groups is 3. The minimum atomic E-state index is -4.29. The van der Waals surface area contributed by atoms with Crippen LogP contribution in [0, 0.1) is 11.3 Å². The van der Waals surface area contributed by atoms with Gasteiger partial charge in [-0.2, -0.15) is 8.42 Å². The molecule has 2 rings (SSSR count). The molecule has 214 valence electrons. The maximum Gasteiger partial charge on any atom is 0.315 e. The van der Waals surface area contributed by atoms with E-state index in [-0.39, 0.29) is 29.7 Å². The van der Waals surface area contributed by atoms with E-state index in [1.165, 1.54) is 5.56 Å². The number of benzene rings is 1. The van der Waals surface area contributed by atoms with Gasteiger partial charge in [0.25, 0.3) is 10.1 Å². The first-order valence-electron chi connectivity index (χ1n) is 12.7. The molecule has 0 spiro atoms. The van der Waals surface area contributed by atoms with Gasteiger partial charge in [-0.1, -0.05) is 51.4 Å². The Balaban J connectivity index is 1.95. The smallest absolute Gasteiger partial charge is 0.315 e. The van der Waals surface area contributed by atoms with Gasteiger partial charge in [0, 0.05) is 18.1 Å². The summed E-state index contributed by atoms with van der Waals surface area (Å²) >= 11 is 6.05. The van der Waals surface area contributed by atoms with Gasteiger partial charge in [0.1, 0.15) is 11.6 Å². The quantitative estimate of drug-likeness (QED) is 0.287. The third-order valence-corrected chi connectivity index (χ3v) is 7.63. The number of hydrogen-bond donors (Lipinski definition) is 3. The van der Waals surface area contributed by atoms with E-state index >= 15 is 0 Å². The molecule has 3 amide bonds. The van der Waals surface area contributed by atoms with Gasteiger partial charge < -0.3 is 20.3 Å². The monoisotopic (exact) mass is 573 g/mol. The van der Waals surface area contributed by atoms with Gasteiger partial charge in [0.2, 0.25) is 5.91 Å². The number of amides is 3. The first-order chi connectivity index (χ1) is 17.4. The molecule has 10 nitrogen and oxygen atoms in total. The summed E-state index contributed by atoms with van der Waals surface area (Å²) in [4.78, 5) is 39.8. The third-order valence-electron chi connectivity index (χ3n) is 6.66. The molecule has 0 radical (unpaired) electrons. The molecular weight excluding hydrogens is 534 g/mol. The third kappa shape index (κ3) is 9.74. The zero-order valence-corrected chi connectivity index (χ0v) is 24.5. The number of piperidine rings is 1. The van der Waals surface area contributed by atoms with Crippen molar-refractivity contribution in [3.05, 3.63) is 34.9 Å². The molecule has 1 aromatic rings. The van der Waals surface area contributed by atoms with Crippen LogP contribution in [0.25, 0.3) is 0 Å². The number of likely N-dealkylation sites (tertiary alicyclic amines) is 1. The Morgan fingerprint density at radius 1 is 1.21 bits per heavy atom. The fraction of sp³-hybridized carbons (Fsp3) is 0.654. The minimum Gasteiger partial charge on any atom is -0.458 e. The lowest BCUT2D eigenvalue weighted by Crippen LogP contribution is -2.58. The molecule has 3 N–H and O–H groups in total. The van der Waals surface area contributed by atoms with E-state index in [4.69, 9.17) is 20.9 Å².